The lowest BCUT2D eigenvalue weighted by Gasteiger charge is -2.26. The minimum Gasteiger partial charge on any atom is -0.335 e. The molecule has 0 saturated heterocycles. The highest BCUT2D eigenvalue weighted by Gasteiger charge is 2.18. The predicted molar refractivity (Wildman–Crippen MR) is 75.0 cm³/mol. The molecule has 0 heterocycles. The Kier molecular flexibility index (Phi) is 4.24. The number of anilines is 1. The van der Waals surface area contributed by atoms with Crippen LogP contribution in [-0.2, 0) is 0 Å². The Morgan fingerprint density at radius 3 is 2.39 bits per heavy atom. The third-order valence-electron chi connectivity index (χ3n) is 3.66. The Bertz CT molecular complexity index is 393. The van der Waals surface area contributed by atoms with Crippen LogP contribution in [0.15, 0.2) is 24.3 Å². The topological polar surface area (TPSA) is 32.3 Å². The van der Waals surface area contributed by atoms with Crippen LogP contribution in [0, 0.1) is 6.92 Å². The van der Waals surface area contributed by atoms with E-state index in [-0.39, 0.29) is 6.03 Å². The van der Waals surface area contributed by atoms with Crippen LogP contribution in [0.2, 0.25) is 0 Å². The van der Waals surface area contributed by atoms with Crippen LogP contribution in [0.5, 0.6) is 0 Å². The molecule has 1 aliphatic carbocycles. The van der Waals surface area contributed by atoms with Crippen molar-refractivity contribution < 1.29 is 4.79 Å². The molecular formula is C15H22N2O. The molecule has 1 fully saturated rings. The van der Waals surface area contributed by atoms with E-state index in [1.807, 2.05) is 38.2 Å². The van der Waals surface area contributed by atoms with Gasteiger partial charge in [0.25, 0.3) is 0 Å². The van der Waals surface area contributed by atoms with Gasteiger partial charge in [0, 0.05) is 18.8 Å². The third kappa shape index (κ3) is 3.25. The van der Waals surface area contributed by atoms with Gasteiger partial charge in [0.05, 0.1) is 0 Å². The van der Waals surface area contributed by atoms with E-state index >= 15 is 0 Å². The van der Waals surface area contributed by atoms with Crippen LogP contribution in [-0.4, -0.2) is 19.1 Å². The number of benzene rings is 1. The molecule has 0 bridgehead atoms. The van der Waals surface area contributed by atoms with Crippen LogP contribution >= 0.6 is 0 Å². The molecule has 2 rings (SSSR count). The number of carbonyl (C=O) groups is 1. The number of hydrogen-bond donors (Lipinski definition) is 1. The fourth-order valence-electron chi connectivity index (χ4n) is 2.40. The maximum Gasteiger partial charge on any atom is 0.321 e. The van der Waals surface area contributed by atoms with E-state index in [0.29, 0.717) is 6.04 Å². The number of amides is 2. The molecule has 0 aromatic heterocycles. The lowest BCUT2D eigenvalue weighted by Crippen LogP contribution is -2.43. The van der Waals surface area contributed by atoms with Crippen molar-refractivity contribution in [1.29, 1.82) is 0 Å². The highest BCUT2D eigenvalue weighted by atomic mass is 16.2. The minimum atomic E-state index is 0.00533. The van der Waals surface area contributed by atoms with Gasteiger partial charge in [0.1, 0.15) is 0 Å². The van der Waals surface area contributed by atoms with Crippen LogP contribution in [0.4, 0.5) is 10.5 Å². The zero-order valence-electron chi connectivity index (χ0n) is 11.3. The van der Waals surface area contributed by atoms with Crippen molar-refractivity contribution >= 4 is 11.7 Å². The van der Waals surface area contributed by atoms with Crippen molar-refractivity contribution in [3.05, 3.63) is 29.8 Å². The summed E-state index contributed by atoms with van der Waals surface area (Å²) in [7, 11) is 1.82. The maximum absolute atomic E-state index is 12.1. The molecule has 0 atom stereocenters. The summed E-state index contributed by atoms with van der Waals surface area (Å²) < 4.78 is 0. The first kappa shape index (κ1) is 12.9. The zero-order valence-corrected chi connectivity index (χ0v) is 11.3. The first-order chi connectivity index (χ1) is 8.66. The second-order valence-electron chi connectivity index (χ2n) is 5.18. The Morgan fingerprint density at radius 2 is 1.78 bits per heavy atom. The molecule has 18 heavy (non-hydrogen) atoms. The van der Waals surface area contributed by atoms with Crippen LogP contribution in [0.25, 0.3) is 0 Å². The van der Waals surface area contributed by atoms with Gasteiger partial charge in [0.2, 0.25) is 0 Å². The van der Waals surface area contributed by atoms with Gasteiger partial charge in [-0.1, -0.05) is 37.0 Å². The van der Waals surface area contributed by atoms with Gasteiger partial charge in [-0.05, 0) is 31.9 Å². The van der Waals surface area contributed by atoms with E-state index in [1.165, 1.54) is 24.8 Å². The molecule has 2 amide bonds. The highest BCUT2D eigenvalue weighted by molar-refractivity contribution is 5.91. The van der Waals surface area contributed by atoms with Gasteiger partial charge in [-0.15, -0.1) is 0 Å². The van der Waals surface area contributed by atoms with E-state index in [4.69, 9.17) is 0 Å². The first-order valence-corrected chi connectivity index (χ1v) is 6.78. The molecular weight excluding hydrogens is 224 g/mol. The summed E-state index contributed by atoms with van der Waals surface area (Å²) in [5.41, 5.74) is 2.15. The average Bonchev–Trinajstić information content (AvgIpc) is 2.40. The van der Waals surface area contributed by atoms with Gasteiger partial charge >= 0.3 is 6.03 Å². The molecule has 98 valence electrons. The molecule has 0 radical (unpaired) electrons. The summed E-state index contributed by atoms with van der Waals surface area (Å²) in [5, 5.41) is 3.12. The number of nitrogens with zero attached hydrogens (tertiary/aromatic N) is 1. The molecule has 0 unspecified atom stereocenters. The Morgan fingerprint density at radius 1 is 1.17 bits per heavy atom. The number of hydrogen-bond acceptors (Lipinski definition) is 1. The molecule has 3 nitrogen and oxygen atoms in total. The SMILES string of the molecule is Cc1ccc(N(C)C(=O)NC2CCCCC2)cc1. The van der Waals surface area contributed by atoms with E-state index in [0.717, 1.165) is 18.5 Å². The Labute approximate surface area is 109 Å². The monoisotopic (exact) mass is 246 g/mol. The van der Waals surface area contributed by atoms with Crippen molar-refractivity contribution in [2.75, 3.05) is 11.9 Å². The predicted octanol–water partition coefficient (Wildman–Crippen LogP) is 3.47. The maximum atomic E-state index is 12.1. The van der Waals surface area contributed by atoms with Gasteiger partial charge in [-0.25, -0.2) is 4.79 Å². The van der Waals surface area contributed by atoms with Crippen LogP contribution in [0.3, 0.4) is 0 Å². The van der Waals surface area contributed by atoms with Crippen LogP contribution < -0.4 is 10.2 Å². The standard InChI is InChI=1S/C15H22N2O/c1-12-8-10-14(11-9-12)17(2)15(18)16-13-6-4-3-5-7-13/h8-11,13H,3-7H2,1-2H3,(H,16,18). The van der Waals surface area contributed by atoms with E-state index in [9.17, 15) is 4.79 Å². The third-order valence-corrected chi connectivity index (χ3v) is 3.66. The second kappa shape index (κ2) is 5.89. The summed E-state index contributed by atoms with van der Waals surface area (Å²) in [6, 6.07) is 8.38. The van der Waals surface area contributed by atoms with Crippen molar-refractivity contribution in [2.45, 2.75) is 45.1 Å². The smallest absolute Gasteiger partial charge is 0.321 e. The minimum absolute atomic E-state index is 0.00533. The normalized spacial score (nSPS) is 16.3. The summed E-state index contributed by atoms with van der Waals surface area (Å²) in [4.78, 5) is 13.8. The summed E-state index contributed by atoms with van der Waals surface area (Å²) in [6.45, 7) is 2.05. The first-order valence-electron chi connectivity index (χ1n) is 6.78. The molecule has 0 spiro atoms. The molecule has 0 aliphatic heterocycles. The molecule has 1 aromatic carbocycles. The molecule has 1 aromatic rings. The molecule has 1 saturated carbocycles. The van der Waals surface area contributed by atoms with Crippen molar-refractivity contribution in [3.8, 4) is 0 Å². The fourth-order valence-corrected chi connectivity index (χ4v) is 2.40. The van der Waals surface area contributed by atoms with Gasteiger partial charge in [-0.2, -0.15) is 0 Å². The van der Waals surface area contributed by atoms with Gasteiger partial charge < -0.3 is 5.32 Å². The summed E-state index contributed by atoms with van der Waals surface area (Å²) in [5.74, 6) is 0. The Balaban J connectivity index is 1.93. The van der Waals surface area contributed by atoms with Gasteiger partial charge in [-0.3, -0.25) is 4.90 Å². The lowest BCUT2D eigenvalue weighted by molar-refractivity contribution is 0.239. The van der Waals surface area contributed by atoms with Crippen molar-refractivity contribution in [1.82, 2.24) is 5.32 Å². The lowest BCUT2D eigenvalue weighted by atomic mass is 9.96. The van der Waals surface area contributed by atoms with E-state index in [1.54, 1.807) is 4.90 Å². The number of rotatable bonds is 2. The van der Waals surface area contributed by atoms with Crippen molar-refractivity contribution in [3.63, 3.8) is 0 Å². The highest BCUT2D eigenvalue weighted by Crippen LogP contribution is 2.18. The largest absolute Gasteiger partial charge is 0.335 e. The molecule has 1 aliphatic rings. The van der Waals surface area contributed by atoms with E-state index in [2.05, 4.69) is 5.32 Å². The zero-order chi connectivity index (χ0) is 13.0. The quantitative estimate of drug-likeness (QED) is 0.851. The summed E-state index contributed by atoms with van der Waals surface area (Å²) in [6.07, 6.45) is 6.01. The Hall–Kier alpha value is -1.51. The molecule has 3 heteroatoms. The summed E-state index contributed by atoms with van der Waals surface area (Å²) >= 11 is 0. The second-order valence-corrected chi connectivity index (χ2v) is 5.18. The number of carbonyl (C=O) groups excluding carboxylic acids is 1. The average molecular weight is 246 g/mol. The number of urea groups is 1. The number of nitrogens with one attached hydrogen (secondary N) is 1. The fraction of sp³-hybridized carbons (Fsp3) is 0.533. The van der Waals surface area contributed by atoms with Crippen LogP contribution in [0.1, 0.15) is 37.7 Å². The van der Waals surface area contributed by atoms with Crippen molar-refractivity contribution in [2.24, 2.45) is 0 Å². The van der Waals surface area contributed by atoms with E-state index < -0.39 is 0 Å². The van der Waals surface area contributed by atoms with Gasteiger partial charge in [0.15, 0.2) is 0 Å². The molecule has 1 N–H and O–H groups in total. The number of aryl methyl sites for hydroxylation is 1.